The SMILES string of the molecule is CCn1ccnc1C(=O)N1CCC1. The van der Waals surface area contributed by atoms with Gasteiger partial charge in [0.25, 0.3) is 5.91 Å². The summed E-state index contributed by atoms with van der Waals surface area (Å²) in [5, 5.41) is 0. The average molecular weight is 179 g/mol. The van der Waals surface area contributed by atoms with E-state index >= 15 is 0 Å². The fraction of sp³-hybridized carbons (Fsp3) is 0.556. The molecule has 0 spiro atoms. The van der Waals surface area contributed by atoms with Crippen molar-refractivity contribution < 1.29 is 4.79 Å². The van der Waals surface area contributed by atoms with Gasteiger partial charge in [-0.3, -0.25) is 4.79 Å². The monoisotopic (exact) mass is 179 g/mol. The largest absolute Gasteiger partial charge is 0.336 e. The Kier molecular flexibility index (Phi) is 2.04. The van der Waals surface area contributed by atoms with Crippen LogP contribution in [-0.2, 0) is 6.54 Å². The third-order valence-electron chi connectivity index (χ3n) is 2.39. The molecule has 1 fully saturated rings. The van der Waals surface area contributed by atoms with E-state index in [1.165, 1.54) is 0 Å². The van der Waals surface area contributed by atoms with Crippen molar-refractivity contribution in [2.75, 3.05) is 13.1 Å². The molecule has 2 heterocycles. The number of nitrogens with zero attached hydrogens (tertiary/aromatic N) is 3. The van der Waals surface area contributed by atoms with Gasteiger partial charge in [-0.15, -0.1) is 0 Å². The smallest absolute Gasteiger partial charge is 0.289 e. The van der Waals surface area contributed by atoms with E-state index < -0.39 is 0 Å². The summed E-state index contributed by atoms with van der Waals surface area (Å²) in [5.74, 6) is 0.639. The predicted octanol–water partition coefficient (Wildman–Crippen LogP) is 0.749. The molecule has 0 aliphatic carbocycles. The molecule has 0 unspecified atom stereocenters. The molecule has 0 atom stereocenters. The molecular weight excluding hydrogens is 166 g/mol. The van der Waals surface area contributed by atoms with Crippen molar-refractivity contribution in [3.63, 3.8) is 0 Å². The van der Waals surface area contributed by atoms with Crippen LogP contribution in [0, 0.1) is 0 Å². The maximum atomic E-state index is 11.7. The van der Waals surface area contributed by atoms with Gasteiger partial charge in [0.2, 0.25) is 0 Å². The molecule has 0 bridgehead atoms. The van der Waals surface area contributed by atoms with Gasteiger partial charge in [-0.2, -0.15) is 0 Å². The van der Waals surface area contributed by atoms with Gasteiger partial charge >= 0.3 is 0 Å². The van der Waals surface area contributed by atoms with E-state index in [0.29, 0.717) is 5.82 Å². The van der Waals surface area contributed by atoms with Crippen LogP contribution in [0.25, 0.3) is 0 Å². The van der Waals surface area contributed by atoms with Gasteiger partial charge in [-0.05, 0) is 13.3 Å². The number of aryl methyl sites for hydroxylation is 1. The molecular formula is C9H13N3O. The van der Waals surface area contributed by atoms with Crippen LogP contribution in [-0.4, -0.2) is 33.4 Å². The van der Waals surface area contributed by atoms with E-state index in [2.05, 4.69) is 4.98 Å². The van der Waals surface area contributed by atoms with Crippen molar-refractivity contribution >= 4 is 5.91 Å². The van der Waals surface area contributed by atoms with Crippen LogP contribution in [0.4, 0.5) is 0 Å². The Bertz CT molecular complexity index is 314. The number of hydrogen-bond donors (Lipinski definition) is 0. The highest BCUT2D eigenvalue weighted by molar-refractivity contribution is 5.91. The summed E-state index contributed by atoms with van der Waals surface area (Å²) >= 11 is 0. The van der Waals surface area contributed by atoms with Crippen LogP contribution < -0.4 is 0 Å². The molecule has 1 aliphatic rings. The quantitative estimate of drug-likeness (QED) is 0.672. The number of carbonyl (C=O) groups is 1. The fourth-order valence-corrected chi connectivity index (χ4v) is 1.42. The lowest BCUT2D eigenvalue weighted by molar-refractivity contribution is 0.0634. The summed E-state index contributed by atoms with van der Waals surface area (Å²) in [6.07, 6.45) is 4.64. The van der Waals surface area contributed by atoms with Crippen molar-refractivity contribution in [3.05, 3.63) is 18.2 Å². The standard InChI is InChI=1S/C9H13N3O/c1-2-11-7-4-10-8(11)9(13)12-5-3-6-12/h4,7H,2-3,5-6H2,1H3. The number of aromatic nitrogens is 2. The number of likely N-dealkylation sites (tertiary alicyclic amines) is 1. The third kappa shape index (κ3) is 1.32. The number of carbonyl (C=O) groups excluding carboxylic acids is 1. The van der Waals surface area contributed by atoms with Gasteiger partial charge in [0, 0.05) is 32.0 Å². The zero-order valence-corrected chi connectivity index (χ0v) is 7.73. The van der Waals surface area contributed by atoms with Crippen LogP contribution in [0.15, 0.2) is 12.4 Å². The number of rotatable bonds is 2. The first-order valence-corrected chi connectivity index (χ1v) is 4.63. The molecule has 1 aromatic heterocycles. The van der Waals surface area contributed by atoms with Gasteiger partial charge in [0.15, 0.2) is 5.82 Å². The molecule has 0 N–H and O–H groups in total. The lowest BCUT2D eigenvalue weighted by Gasteiger charge is -2.30. The van der Waals surface area contributed by atoms with Crippen LogP contribution >= 0.6 is 0 Å². The molecule has 1 saturated heterocycles. The van der Waals surface area contributed by atoms with Gasteiger partial charge < -0.3 is 9.47 Å². The van der Waals surface area contributed by atoms with Crippen LogP contribution in [0.1, 0.15) is 24.0 Å². The van der Waals surface area contributed by atoms with E-state index in [1.54, 1.807) is 6.20 Å². The van der Waals surface area contributed by atoms with E-state index in [9.17, 15) is 4.79 Å². The second kappa shape index (κ2) is 3.20. The number of amides is 1. The van der Waals surface area contributed by atoms with Crippen LogP contribution in [0.5, 0.6) is 0 Å². The second-order valence-corrected chi connectivity index (χ2v) is 3.18. The minimum Gasteiger partial charge on any atom is -0.336 e. The van der Waals surface area contributed by atoms with Crippen molar-refractivity contribution in [2.45, 2.75) is 19.9 Å². The Labute approximate surface area is 77.2 Å². The Morgan fingerprint density at radius 2 is 2.38 bits per heavy atom. The van der Waals surface area contributed by atoms with Crippen molar-refractivity contribution in [3.8, 4) is 0 Å². The first-order chi connectivity index (χ1) is 6.33. The molecule has 2 rings (SSSR count). The van der Waals surface area contributed by atoms with Crippen LogP contribution in [0.3, 0.4) is 0 Å². The number of hydrogen-bond acceptors (Lipinski definition) is 2. The zero-order valence-electron chi connectivity index (χ0n) is 7.73. The molecule has 70 valence electrons. The van der Waals surface area contributed by atoms with E-state index in [1.807, 2.05) is 22.6 Å². The summed E-state index contributed by atoms with van der Waals surface area (Å²) in [6.45, 7) is 4.58. The topological polar surface area (TPSA) is 38.1 Å². The van der Waals surface area contributed by atoms with Crippen LogP contribution in [0.2, 0.25) is 0 Å². The number of imidazole rings is 1. The Hall–Kier alpha value is -1.32. The minimum absolute atomic E-state index is 0.0677. The molecule has 1 amide bonds. The Balaban J connectivity index is 2.18. The normalized spacial score (nSPS) is 15.6. The second-order valence-electron chi connectivity index (χ2n) is 3.18. The first kappa shape index (κ1) is 8.29. The molecule has 4 heteroatoms. The Morgan fingerprint density at radius 1 is 1.62 bits per heavy atom. The van der Waals surface area contributed by atoms with Crippen molar-refractivity contribution in [2.24, 2.45) is 0 Å². The molecule has 13 heavy (non-hydrogen) atoms. The third-order valence-corrected chi connectivity index (χ3v) is 2.39. The van der Waals surface area contributed by atoms with E-state index in [0.717, 1.165) is 26.1 Å². The summed E-state index contributed by atoms with van der Waals surface area (Å²) in [4.78, 5) is 17.6. The summed E-state index contributed by atoms with van der Waals surface area (Å²) < 4.78 is 1.88. The van der Waals surface area contributed by atoms with Gasteiger partial charge in [-0.1, -0.05) is 0 Å². The highest BCUT2D eigenvalue weighted by Gasteiger charge is 2.24. The summed E-state index contributed by atoms with van der Waals surface area (Å²) in [6, 6.07) is 0. The average Bonchev–Trinajstić information content (AvgIpc) is 2.47. The molecule has 4 nitrogen and oxygen atoms in total. The van der Waals surface area contributed by atoms with Crippen molar-refractivity contribution in [1.29, 1.82) is 0 Å². The van der Waals surface area contributed by atoms with Gasteiger partial charge in [0.05, 0.1) is 0 Å². The van der Waals surface area contributed by atoms with Gasteiger partial charge in [0.1, 0.15) is 0 Å². The molecule has 0 radical (unpaired) electrons. The lowest BCUT2D eigenvalue weighted by Crippen LogP contribution is -2.43. The highest BCUT2D eigenvalue weighted by atomic mass is 16.2. The fourth-order valence-electron chi connectivity index (χ4n) is 1.42. The summed E-state index contributed by atoms with van der Waals surface area (Å²) in [5.41, 5.74) is 0. The Morgan fingerprint density at radius 3 is 2.92 bits per heavy atom. The highest BCUT2D eigenvalue weighted by Crippen LogP contribution is 2.10. The zero-order chi connectivity index (χ0) is 9.26. The molecule has 1 aromatic rings. The molecule has 1 aliphatic heterocycles. The van der Waals surface area contributed by atoms with Crippen molar-refractivity contribution in [1.82, 2.24) is 14.5 Å². The minimum atomic E-state index is 0.0677. The summed E-state index contributed by atoms with van der Waals surface area (Å²) in [7, 11) is 0. The maximum Gasteiger partial charge on any atom is 0.289 e. The lowest BCUT2D eigenvalue weighted by atomic mass is 10.2. The van der Waals surface area contributed by atoms with E-state index in [4.69, 9.17) is 0 Å². The van der Waals surface area contributed by atoms with Gasteiger partial charge in [-0.25, -0.2) is 4.98 Å². The molecule has 0 saturated carbocycles. The molecule has 0 aromatic carbocycles. The predicted molar refractivity (Wildman–Crippen MR) is 48.4 cm³/mol. The maximum absolute atomic E-state index is 11.7. The first-order valence-electron chi connectivity index (χ1n) is 4.63. The van der Waals surface area contributed by atoms with E-state index in [-0.39, 0.29) is 5.91 Å².